The molecule has 1 fully saturated rings. The highest BCUT2D eigenvalue weighted by molar-refractivity contribution is 7.99. The molecule has 0 bridgehead atoms. The van der Waals surface area contributed by atoms with Gasteiger partial charge >= 0.3 is 6.18 Å². The molecule has 0 amide bonds. The lowest BCUT2D eigenvalue weighted by atomic mass is 10.1. The first kappa shape index (κ1) is 21.3. The molecule has 2 heterocycles. The molecule has 0 spiro atoms. The normalized spacial score (nSPS) is 16.9. The molecule has 152 valence electrons. The highest BCUT2D eigenvalue weighted by Crippen LogP contribution is 2.49. The van der Waals surface area contributed by atoms with Crippen LogP contribution in [0.2, 0.25) is 0 Å². The maximum atomic E-state index is 13.2. The van der Waals surface area contributed by atoms with Gasteiger partial charge < -0.3 is 15.1 Å². The summed E-state index contributed by atoms with van der Waals surface area (Å²) >= 11 is 1.54. The lowest BCUT2D eigenvalue weighted by Gasteiger charge is -2.34. The molecule has 28 heavy (non-hydrogen) atoms. The van der Waals surface area contributed by atoms with Gasteiger partial charge in [-0.1, -0.05) is 23.9 Å². The quantitative estimate of drug-likeness (QED) is 0.734. The second kappa shape index (κ2) is 8.95. The molecule has 2 aliphatic rings. The number of nitrogens with one attached hydrogen (secondary N) is 1. The summed E-state index contributed by atoms with van der Waals surface area (Å²) in [5.41, 5.74) is 1.07. The zero-order chi connectivity index (χ0) is 18.9. The molecule has 4 rings (SSSR count). The van der Waals surface area contributed by atoms with Crippen LogP contribution in [-0.2, 0) is 6.18 Å². The third-order valence-corrected chi connectivity index (χ3v) is 6.15. The molecule has 2 aliphatic heterocycles. The Kier molecular flexibility index (Phi) is 6.81. The van der Waals surface area contributed by atoms with Crippen molar-refractivity contribution in [1.29, 1.82) is 0 Å². The van der Waals surface area contributed by atoms with Crippen molar-refractivity contribution in [2.45, 2.75) is 22.4 Å². The van der Waals surface area contributed by atoms with Crippen molar-refractivity contribution >= 4 is 35.5 Å². The van der Waals surface area contributed by atoms with Crippen LogP contribution in [0.4, 0.5) is 24.5 Å². The fourth-order valence-electron chi connectivity index (χ4n) is 3.63. The van der Waals surface area contributed by atoms with Crippen LogP contribution in [0, 0.1) is 0 Å². The van der Waals surface area contributed by atoms with E-state index in [4.69, 9.17) is 0 Å². The molecule has 0 atom stereocenters. The Morgan fingerprint density at radius 3 is 2.39 bits per heavy atom. The Morgan fingerprint density at radius 2 is 1.64 bits per heavy atom. The number of anilines is 2. The van der Waals surface area contributed by atoms with Crippen molar-refractivity contribution in [3.05, 3.63) is 48.0 Å². The average molecular weight is 430 g/mol. The van der Waals surface area contributed by atoms with E-state index in [2.05, 4.69) is 15.1 Å². The summed E-state index contributed by atoms with van der Waals surface area (Å²) in [6.07, 6.45) is -3.42. The number of piperazine rings is 1. The predicted octanol–water partition coefficient (Wildman–Crippen LogP) is 5.03. The molecule has 0 aliphatic carbocycles. The van der Waals surface area contributed by atoms with E-state index in [9.17, 15) is 13.2 Å². The fraction of sp³-hybridized carbons (Fsp3) is 0.400. The number of benzene rings is 2. The van der Waals surface area contributed by atoms with Gasteiger partial charge in [0.05, 0.1) is 16.9 Å². The van der Waals surface area contributed by atoms with E-state index >= 15 is 0 Å². The van der Waals surface area contributed by atoms with E-state index < -0.39 is 11.7 Å². The van der Waals surface area contributed by atoms with Crippen LogP contribution >= 0.6 is 24.2 Å². The lowest BCUT2D eigenvalue weighted by molar-refractivity contribution is -0.137. The molecule has 2 aromatic carbocycles. The van der Waals surface area contributed by atoms with Crippen LogP contribution in [0.25, 0.3) is 0 Å². The lowest BCUT2D eigenvalue weighted by Crippen LogP contribution is -2.44. The van der Waals surface area contributed by atoms with E-state index in [-0.39, 0.29) is 12.4 Å². The van der Waals surface area contributed by atoms with Crippen LogP contribution in [-0.4, -0.2) is 44.2 Å². The van der Waals surface area contributed by atoms with Crippen molar-refractivity contribution in [2.75, 3.05) is 44.2 Å². The van der Waals surface area contributed by atoms with E-state index in [1.807, 2.05) is 24.3 Å². The molecular weight excluding hydrogens is 407 g/mol. The third-order valence-electron chi connectivity index (χ3n) is 5.02. The summed E-state index contributed by atoms with van der Waals surface area (Å²) in [5.74, 6) is 0. The van der Waals surface area contributed by atoms with Crippen molar-refractivity contribution in [3.63, 3.8) is 0 Å². The minimum Gasteiger partial charge on any atom is -0.340 e. The summed E-state index contributed by atoms with van der Waals surface area (Å²) in [6, 6.07) is 12.0. The number of halogens is 4. The van der Waals surface area contributed by atoms with Gasteiger partial charge in [0.1, 0.15) is 0 Å². The van der Waals surface area contributed by atoms with Crippen LogP contribution < -0.4 is 10.2 Å². The molecule has 1 saturated heterocycles. The van der Waals surface area contributed by atoms with E-state index in [1.165, 1.54) is 23.9 Å². The number of hydrogen-bond acceptors (Lipinski definition) is 4. The van der Waals surface area contributed by atoms with E-state index in [0.717, 1.165) is 54.6 Å². The van der Waals surface area contributed by atoms with Crippen molar-refractivity contribution < 1.29 is 13.2 Å². The van der Waals surface area contributed by atoms with Crippen LogP contribution in [0.1, 0.15) is 12.0 Å². The molecule has 3 nitrogen and oxygen atoms in total. The maximum absolute atomic E-state index is 13.2. The Labute approximate surface area is 173 Å². The first-order chi connectivity index (χ1) is 13.0. The number of alkyl halides is 3. The second-order valence-electron chi connectivity index (χ2n) is 6.85. The standard InChI is InChI=1S/C20H22F3N3S.ClH/c21-20(22,23)15-6-7-19-17(14-15)26(16-4-1-2-5-18(16)27-19)11-3-10-25-12-8-24-9-13-25;/h1-2,4-7,14,24H,3,8-13H2;1H. The van der Waals surface area contributed by atoms with Gasteiger partial charge in [-0.15, -0.1) is 12.4 Å². The molecule has 0 saturated carbocycles. The van der Waals surface area contributed by atoms with Gasteiger partial charge in [0.2, 0.25) is 0 Å². The van der Waals surface area contributed by atoms with Gasteiger partial charge in [-0.2, -0.15) is 13.2 Å². The van der Waals surface area contributed by atoms with E-state index in [0.29, 0.717) is 12.2 Å². The van der Waals surface area contributed by atoms with Crippen LogP contribution in [0.3, 0.4) is 0 Å². The Hall–Kier alpha value is -1.41. The average Bonchev–Trinajstić information content (AvgIpc) is 2.67. The fourth-order valence-corrected chi connectivity index (χ4v) is 4.71. The maximum Gasteiger partial charge on any atom is 0.416 e. The van der Waals surface area contributed by atoms with Crippen molar-refractivity contribution in [2.24, 2.45) is 0 Å². The number of hydrogen-bond donors (Lipinski definition) is 1. The first-order valence-electron chi connectivity index (χ1n) is 9.21. The van der Waals surface area contributed by atoms with Crippen LogP contribution in [0.5, 0.6) is 0 Å². The summed E-state index contributed by atoms with van der Waals surface area (Å²) < 4.78 is 39.7. The Balaban J connectivity index is 0.00000225. The molecule has 8 heteroatoms. The largest absolute Gasteiger partial charge is 0.416 e. The smallest absolute Gasteiger partial charge is 0.340 e. The SMILES string of the molecule is Cl.FC(F)(F)c1ccc2c(c1)N(CCCN1CCNCC1)c1ccccc1S2. The number of rotatable bonds is 4. The summed E-state index contributed by atoms with van der Waals surface area (Å²) in [5, 5.41) is 3.34. The Bertz CT molecular complexity index is 810. The highest BCUT2D eigenvalue weighted by Gasteiger charge is 2.33. The monoisotopic (exact) mass is 429 g/mol. The van der Waals surface area contributed by atoms with Gasteiger partial charge in [0.25, 0.3) is 0 Å². The van der Waals surface area contributed by atoms with Gasteiger partial charge in [-0.25, -0.2) is 0 Å². The highest BCUT2D eigenvalue weighted by atomic mass is 35.5. The van der Waals surface area contributed by atoms with Crippen LogP contribution in [0.15, 0.2) is 52.3 Å². The van der Waals surface area contributed by atoms with Gasteiger partial charge in [0, 0.05) is 42.5 Å². The van der Waals surface area contributed by atoms with Gasteiger partial charge in [0.15, 0.2) is 0 Å². The zero-order valence-electron chi connectivity index (χ0n) is 15.3. The molecule has 0 radical (unpaired) electrons. The molecule has 2 aromatic rings. The first-order valence-corrected chi connectivity index (χ1v) is 10.0. The molecule has 1 N–H and O–H groups in total. The minimum absolute atomic E-state index is 0. The third kappa shape index (κ3) is 4.59. The number of para-hydroxylation sites is 1. The van der Waals surface area contributed by atoms with Crippen molar-refractivity contribution in [1.82, 2.24) is 10.2 Å². The molecule has 0 aromatic heterocycles. The summed E-state index contributed by atoms with van der Waals surface area (Å²) in [7, 11) is 0. The summed E-state index contributed by atoms with van der Waals surface area (Å²) in [4.78, 5) is 6.43. The van der Waals surface area contributed by atoms with E-state index in [1.54, 1.807) is 6.07 Å². The number of nitrogens with zero attached hydrogens (tertiary/aromatic N) is 2. The Morgan fingerprint density at radius 1 is 0.929 bits per heavy atom. The van der Waals surface area contributed by atoms with Gasteiger partial charge in [-0.05, 0) is 43.3 Å². The predicted molar refractivity (Wildman–Crippen MR) is 110 cm³/mol. The second-order valence-corrected chi connectivity index (χ2v) is 7.93. The van der Waals surface area contributed by atoms with Crippen molar-refractivity contribution in [3.8, 4) is 0 Å². The molecule has 0 unspecified atom stereocenters. The summed E-state index contributed by atoms with van der Waals surface area (Å²) in [6.45, 7) is 5.72. The number of fused-ring (bicyclic) bond motifs is 2. The zero-order valence-corrected chi connectivity index (χ0v) is 17.0. The minimum atomic E-state index is -4.33. The topological polar surface area (TPSA) is 18.5 Å². The molecular formula is C20H23ClF3N3S. The van der Waals surface area contributed by atoms with Gasteiger partial charge in [-0.3, -0.25) is 0 Å².